The van der Waals surface area contributed by atoms with Crippen LogP contribution in [0.15, 0.2) is 23.1 Å². The summed E-state index contributed by atoms with van der Waals surface area (Å²) in [7, 11) is -2.70. The van der Waals surface area contributed by atoms with E-state index < -0.39 is 21.7 Å². The molecule has 0 saturated carbocycles. The number of hydrogen-bond acceptors (Lipinski definition) is 4. The van der Waals surface area contributed by atoms with Crippen molar-refractivity contribution in [3.05, 3.63) is 29.6 Å². The Kier molecular flexibility index (Phi) is 6.25. The molecule has 0 saturated heterocycles. The fourth-order valence-electron chi connectivity index (χ4n) is 1.75. The van der Waals surface area contributed by atoms with E-state index in [-0.39, 0.29) is 23.5 Å². The van der Waals surface area contributed by atoms with E-state index in [1.807, 2.05) is 6.92 Å². The number of hydrogen-bond donors (Lipinski definition) is 2. The van der Waals surface area contributed by atoms with Crippen molar-refractivity contribution in [1.82, 2.24) is 9.62 Å². The maximum absolute atomic E-state index is 13.6. The Morgan fingerprint density at radius 3 is 2.67 bits per heavy atom. The summed E-state index contributed by atoms with van der Waals surface area (Å²) in [6.07, 6.45) is 0.753. The topological polar surface area (TPSA) is 92.5 Å². The molecule has 0 spiro atoms. The van der Waals surface area contributed by atoms with Crippen molar-refractivity contribution in [2.75, 3.05) is 20.1 Å². The summed E-state index contributed by atoms with van der Waals surface area (Å²) in [5.74, 6) is -1.09. The van der Waals surface area contributed by atoms with Crippen LogP contribution in [0.5, 0.6) is 0 Å². The molecule has 0 aliphatic heterocycles. The Labute approximate surface area is 124 Å². The second-order valence-corrected chi connectivity index (χ2v) is 6.54. The van der Waals surface area contributed by atoms with Crippen LogP contribution in [0.3, 0.4) is 0 Å². The molecule has 118 valence electrons. The number of amides is 1. The first-order chi connectivity index (χ1) is 9.84. The number of likely N-dealkylation sites (N-methyl/N-ethyl adjacent to an activating group) is 1. The van der Waals surface area contributed by atoms with Crippen molar-refractivity contribution in [2.45, 2.75) is 24.8 Å². The minimum atomic E-state index is -3.97. The number of carbonyl (C=O) groups is 1. The molecule has 8 heteroatoms. The standard InChI is InChI=1S/C13H20FN3O3S/c1-3-7-16-13(18)9-17(2)21(19,20)12-6-4-5-11(14)10(12)8-15/h4-6H,3,7-9,15H2,1-2H3,(H,16,18). The van der Waals surface area contributed by atoms with Crippen LogP contribution in [0.25, 0.3) is 0 Å². The fourth-order valence-corrected chi connectivity index (χ4v) is 3.12. The molecule has 0 radical (unpaired) electrons. The third-order valence-corrected chi connectivity index (χ3v) is 4.79. The molecule has 0 fully saturated rings. The van der Waals surface area contributed by atoms with Gasteiger partial charge in [-0.1, -0.05) is 13.0 Å². The van der Waals surface area contributed by atoms with Gasteiger partial charge < -0.3 is 11.1 Å². The van der Waals surface area contributed by atoms with Gasteiger partial charge >= 0.3 is 0 Å². The summed E-state index contributed by atoms with van der Waals surface area (Å²) in [4.78, 5) is 11.4. The van der Waals surface area contributed by atoms with Crippen LogP contribution in [0, 0.1) is 5.82 Å². The minimum Gasteiger partial charge on any atom is -0.355 e. The zero-order valence-corrected chi connectivity index (χ0v) is 12.9. The third-order valence-electron chi connectivity index (χ3n) is 2.91. The highest BCUT2D eigenvalue weighted by Gasteiger charge is 2.26. The molecule has 1 rings (SSSR count). The molecule has 0 unspecified atom stereocenters. The molecule has 0 aliphatic carbocycles. The monoisotopic (exact) mass is 317 g/mol. The number of carbonyl (C=O) groups excluding carboxylic acids is 1. The molecule has 6 nitrogen and oxygen atoms in total. The van der Waals surface area contributed by atoms with Crippen molar-refractivity contribution >= 4 is 15.9 Å². The number of nitrogens with one attached hydrogen (secondary N) is 1. The van der Waals surface area contributed by atoms with Crippen LogP contribution in [0.2, 0.25) is 0 Å². The van der Waals surface area contributed by atoms with Gasteiger partial charge in [0.25, 0.3) is 0 Å². The van der Waals surface area contributed by atoms with Crippen LogP contribution < -0.4 is 11.1 Å². The maximum atomic E-state index is 13.6. The van der Waals surface area contributed by atoms with Crippen LogP contribution >= 0.6 is 0 Å². The van der Waals surface area contributed by atoms with Gasteiger partial charge in [-0.2, -0.15) is 4.31 Å². The fraction of sp³-hybridized carbons (Fsp3) is 0.462. The Morgan fingerprint density at radius 2 is 2.10 bits per heavy atom. The van der Waals surface area contributed by atoms with Gasteiger partial charge in [-0.15, -0.1) is 0 Å². The highest BCUT2D eigenvalue weighted by molar-refractivity contribution is 7.89. The van der Waals surface area contributed by atoms with Gasteiger partial charge in [-0.25, -0.2) is 12.8 Å². The summed E-state index contributed by atoms with van der Waals surface area (Å²) >= 11 is 0. The average Bonchev–Trinajstić information content (AvgIpc) is 2.44. The SMILES string of the molecule is CCCNC(=O)CN(C)S(=O)(=O)c1cccc(F)c1CN. The molecule has 0 aliphatic rings. The lowest BCUT2D eigenvalue weighted by molar-refractivity contribution is -0.121. The summed E-state index contributed by atoms with van der Waals surface area (Å²) in [5, 5.41) is 2.58. The lowest BCUT2D eigenvalue weighted by atomic mass is 10.2. The van der Waals surface area contributed by atoms with E-state index >= 15 is 0 Å². The van der Waals surface area contributed by atoms with Crippen LogP contribution in [0.4, 0.5) is 4.39 Å². The van der Waals surface area contributed by atoms with Crippen molar-refractivity contribution in [2.24, 2.45) is 5.73 Å². The molecule has 0 bridgehead atoms. The number of rotatable bonds is 7. The minimum absolute atomic E-state index is 0.0849. The number of nitrogens with two attached hydrogens (primary N) is 1. The van der Waals surface area contributed by atoms with Crippen LogP contribution in [-0.2, 0) is 21.4 Å². The molecule has 0 heterocycles. The highest BCUT2D eigenvalue weighted by atomic mass is 32.2. The lowest BCUT2D eigenvalue weighted by Crippen LogP contribution is -2.39. The number of benzene rings is 1. The van der Waals surface area contributed by atoms with E-state index in [9.17, 15) is 17.6 Å². The lowest BCUT2D eigenvalue weighted by Gasteiger charge is -2.18. The quantitative estimate of drug-likeness (QED) is 0.763. The van der Waals surface area contributed by atoms with Crippen LogP contribution in [-0.4, -0.2) is 38.8 Å². The maximum Gasteiger partial charge on any atom is 0.243 e. The predicted octanol–water partition coefficient (Wildman–Crippen LogP) is 0.431. The van der Waals surface area contributed by atoms with Gasteiger partial charge in [0.05, 0.1) is 11.4 Å². The van der Waals surface area contributed by atoms with Gasteiger partial charge in [0.2, 0.25) is 15.9 Å². The second kappa shape index (κ2) is 7.48. The first-order valence-corrected chi connectivity index (χ1v) is 7.99. The van der Waals surface area contributed by atoms with Crippen molar-refractivity contribution in [3.63, 3.8) is 0 Å². The normalized spacial score (nSPS) is 11.7. The second-order valence-electron chi connectivity index (χ2n) is 4.53. The first kappa shape index (κ1) is 17.5. The summed E-state index contributed by atoms with van der Waals surface area (Å²) < 4.78 is 39.3. The smallest absolute Gasteiger partial charge is 0.243 e. The van der Waals surface area contributed by atoms with E-state index in [0.717, 1.165) is 16.8 Å². The molecular weight excluding hydrogens is 297 g/mol. The molecule has 1 aromatic carbocycles. The van der Waals surface area contributed by atoms with E-state index in [4.69, 9.17) is 5.73 Å². The third kappa shape index (κ3) is 4.23. The Bertz CT molecular complexity index is 605. The molecule has 1 aromatic rings. The van der Waals surface area contributed by atoms with Crippen molar-refractivity contribution in [3.8, 4) is 0 Å². The summed E-state index contributed by atoms with van der Waals surface area (Å²) in [6.45, 7) is 1.79. The Balaban J connectivity index is 3.00. The predicted molar refractivity (Wildman–Crippen MR) is 77.4 cm³/mol. The number of sulfonamides is 1. The molecule has 0 atom stereocenters. The van der Waals surface area contributed by atoms with E-state index in [1.54, 1.807) is 0 Å². The van der Waals surface area contributed by atoms with Gasteiger partial charge in [-0.3, -0.25) is 4.79 Å². The number of nitrogens with zero attached hydrogens (tertiary/aromatic N) is 1. The summed E-state index contributed by atoms with van der Waals surface area (Å²) in [5.41, 5.74) is 5.33. The van der Waals surface area contributed by atoms with Crippen LogP contribution in [0.1, 0.15) is 18.9 Å². The average molecular weight is 317 g/mol. The Hall–Kier alpha value is -1.51. The van der Waals surface area contributed by atoms with Gasteiger partial charge in [0.15, 0.2) is 0 Å². The first-order valence-electron chi connectivity index (χ1n) is 6.55. The molecule has 21 heavy (non-hydrogen) atoms. The molecular formula is C13H20FN3O3S. The highest BCUT2D eigenvalue weighted by Crippen LogP contribution is 2.21. The zero-order valence-electron chi connectivity index (χ0n) is 12.1. The van der Waals surface area contributed by atoms with E-state index in [0.29, 0.717) is 6.54 Å². The van der Waals surface area contributed by atoms with E-state index in [2.05, 4.69) is 5.32 Å². The number of halogens is 1. The Morgan fingerprint density at radius 1 is 1.43 bits per heavy atom. The molecule has 1 amide bonds. The van der Waals surface area contributed by atoms with Gasteiger partial charge in [0.1, 0.15) is 5.82 Å². The van der Waals surface area contributed by atoms with Crippen molar-refractivity contribution < 1.29 is 17.6 Å². The zero-order chi connectivity index (χ0) is 16.0. The van der Waals surface area contributed by atoms with E-state index in [1.165, 1.54) is 19.2 Å². The van der Waals surface area contributed by atoms with Crippen molar-refractivity contribution in [1.29, 1.82) is 0 Å². The van der Waals surface area contributed by atoms with Gasteiger partial charge in [-0.05, 0) is 18.6 Å². The summed E-state index contributed by atoms with van der Waals surface area (Å²) in [6, 6.07) is 3.72. The molecule has 0 aromatic heterocycles. The van der Waals surface area contributed by atoms with Gasteiger partial charge in [0, 0.05) is 25.7 Å². The largest absolute Gasteiger partial charge is 0.355 e. The molecule has 3 N–H and O–H groups in total.